The zero-order chi connectivity index (χ0) is 14.0. The number of carbonyl (C=O) groups is 1. The van der Waals surface area contributed by atoms with Crippen LogP contribution in [0.1, 0.15) is 34.4 Å². The third-order valence-electron chi connectivity index (χ3n) is 2.62. The largest absolute Gasteiger partial charge is 0.461 e. The Hall–Kier alpha value is -2.17. The zero-order valence-electron chi connectivity index (χ0n) is 11.6. The van der Waals surface area contributed by atoms with Gasteiger partial charge in [-0.25, -0.2) is 14.5 Å². The molecule has 0 saturated carbocycles. The monoisotopic (exact) mass is 259 g/mol. The average molecular weight is 259 g/mol. The lowest BCUT2D eigenvalue weighted by Gasteiger charge is -2.07. The molecule has 0 spiro atoms. The highest BCUT2D eigenvalue weighted by Gasteiger charge is 2.17. The zero-order valence-corrected chi connectivity index (χ0v) is 11.6. The molecule has 0 radical (unpaired) electrons. The van der Waals surface area contributed by atoms with E-state index in [1.165, 1.54) is 4.68 Å². The summed E-state index contributed by atoms with van der Waals surface area (Å²) in [6.45, 7) is 7.85. The molecule has 5 heteroatoms. The number of esters is 1. The van der Waals surface area contributed by atoms with Gasteiger partial charge in [-0.3, -0.25) is 0 Å². The predicted molar refractivity (Wildman–Crippen MR) is 71.5 cm³/mol. The van der Waals surface area contributed by atoms with Crippen molar-refractivity contribution in [3.63, 3.8) is 0 Å². The van der Waals surface area contributed by atoms with Crippen molar-refractivity contribution in [2.24, 2.45) is 0 Å². The molecular formula is C14H17N3O2. The van der Waals surface area contributed by atoms with Crippen LogP contribution in [0.25, 0.3) is 5.82 Å². The summed E-state index contributed by atoms with van der Waals surface area (Å²) in [5.41, 5.74) is 3.12. The Kier molecular flexibility index (Phi) is 3.64. The van der Waals surface area contributed by atoms with Crippen molar-refractivity contribution in [2.75, 3.05) is 6.61 Å². The van der Waals surface area contributed by atoms with Gasteiger partial charge in [-0.05, 0) is 51.5 Å². The molecule has 0 aliphatic rings. The fraction of sp³-hybridized carbons (Fsp3) is 0.357. The van der Waals surface area contributed by atoms with Crippen molar-refractivity contribution in [3.05, 3.63) is 40.8 Å². The lowest BCUT2D eigenvalue weighted by atomic mass is 10.2. The summed E-state index contributed by atoms with van der Waals surface area (Å²) in [6.07, 6.45) is 0. The maximum atomic E-state index is 11.9. The normalized spacial score (nSPS) is 10.5. The Labute approximate surface area is 112 Å². The number of ether oxygens (including phenoxy) is 1. The SMILES string of the molecule is CCOC(=O)c1cc(C)nn1-c1cc(C)cc(C)n1. The first-order valence-electron chi connectivity index (χ1n) is 6.20. The van der Waals surface area contributed by atoms with Gasteiger partial charge in [0.1, 0.15) is 0 Å². The van der Waals surface area contributed by atoms with E-state index in [9.17, 15) is 4.79 Å². The molecule has 19 heavy (non-hydrogen) atoms. The number of pyridine rings is 1. The van der Waals surface area contributed by atoms with Gasteiger partial charge in [0.15, 0.2) is 11.5 Å². The summed E-state index contributed by atoms with van der Waals surface area (Å²) < 4.78 is 6.57. The van der Waals surface area contributed by atoms with Gasteiger partial charge in [0.25, 0.3) is 0 Å². The van der Waals surface area contributed by atoms with Crippen LogP contribution in [0.2, 0.25) is 0 Å². The summed E-state index contributed by atoms with van der Waals surface area (Å²) in [5.74, 6) is 0.248. The van der Waals surface area contributed by atoms with Gasteiger partial charge >= 0.3 is 5.97 Å². The summed E-state index contributed by atoms with van der Waals surface area (Å²) in [6, 6.07) is 5.57. The van der Waals surface area contributed by atoms with Crippen molar-refractivity contribution in [1.82, 2.24) is 14.8 Å². The molecular weight excluding hydrogens is 242 g/mol. The van der Waals surface area contributed by atoms with Gasteiger partial charge in [-0.15, -0.1) is 0 Å². The molecule has 5 nitrogen and oxygen atoms in total. The van der Waals surface area contributed by atoms with E-state index in [2.05, 4.69) is 10.1 Å². The van der Waals surface area contributed by atoms with Crippen LogP contribution < -0.4 is 0 Å². The third kappa shape index (κ3) is 2.81. The molecule has 2 rings (SSSR count). The topological polar surface area (TPSA) is 57.0 Å². The summed E-state index contributed by atoms with van der Waals surface area (Å²) >= 11 is 0. The van der Waals surface area contributed by atoms with Crippen LogP contribution in [0, 0.1) is 20.8 Å². The van der Waals surface area contributed by atoms with E-state index in [0.29, 0.717) is 18.1 Å². The molecule has 2 aromatic heterocycles. The standard InChI is InChI=1S/C14H17N3O2/c1-5-19-14(18)12-8-11(4)16-17(12)13-7-9(2)6-10(3)15-13/h6-8H,5H2,1-4H3. The van der Waals surface area contributed by atoms with Crippen molar-refractivity contribution in [3.8, 4) is 5.82 Å². The Morgan fingerprint density at radius 2 is 1.95 bits per heavy atom. The lowest BCUT2D eigenvalue weighted by molar-refractivity contribution is 0.0515. The highest BCUT2D eigenvalue weighted by atomic mass is 16.5. The molecule has 2 heterocycles. The molecule has 0 unspecified atom stereocenters. The molecule has 0 fully saturated rings. The summed E-state index contributed by atoms with van der Waals surface area (Å²) in [4.78, 5) is 16.3. The maximum Gasteiger partial charge on any atom is 0.357 e. The van der Waals surface area contributed by atoms with Crippen LogP contribution in [0.4, 0.5) is 0 Å². The average Bonchev–Trinajstić information content (AvgIpc) is 2.70. The Morgan fingerprint density at radius 1 is 1.21 bits per heavy atom. The van der Waals surface area contributed by atoms with Crippen LogP contribution in [0.5, 0.6) is 0 Å². The van der Waals surface area contributed by atoms with E-state index in [4.69, 9.17) is 4.74 Å². The number of rotatable bonds is 3. The number of carbonyl (C=O) groups excluding carboxylic acids is 1. The van der Waals surface area contributed by atoms with E-state index in [1.54, 1.807) is 13.0 Å². The second-order valence-corrected chi connectivity index (χ2v) is 4.45. The van der Waals surface area contributed by atoms with Gasteiger partial charge < -0.3 is 4.74 Å². The molecule has 0 saturated heterocycles. The minimum atomic E-state index is -0.385. The highest BCUT2D eigenvalue weighted by molar-refractivity contribution is 5.88. The Balaban J connectivity index is 2.52. The minimum Gasteiger partial charge on any atom is -0.461 e. The first-order chi connectivity index (χ1) is 9.01. The molecule has 0 bridgehead atoms. The molecule has 0 N–H and O–H groups in total. The smallest absolute Gasteiger partial charge is 0.357 e. The Bertz CT molecular complexity index is 597. The van der Waals surface area contributed by atoms with Gasteiger partial charge in [0.2, 0.25) is 0 Å². The fourth-order valence-electron chi connectivity index (χ4n) is 1.95. The summed E-state index contributed by atoms with van der Waals surface area (Å²) in [7, 11) is 0. The number of hydrogen-bond acceptors (Lipinski definition) is 4. The molecule has 0 aliphatic carbocycles. The van der Waals surface area contributed by atoms with Gasteiger partial charge in [-0.2, -0.15) is 5.10 Å². The number of hydrogen-bond donors (Lipinski definition) is 0. The molecule has 2 aromatic rings. The molecule has 0 atom stereocenters. The van der Waals surface area contributed by atoms with E-state index in [1.807, 2.05) is 32.9 Å². The second-order valence-electron chi connectivity index (χ2n) is 4.45. The van der Waals surface area contributed by atoms with Crippen LogP contribution >= 0.6 is 0 Å². The van der Waals surface area contributed by atoms with Crippen LogP contribution in [-0.2, 0) is 4.74 Å². The minimum absolute atomic E-state index is 0.337. The quantitative estimate of drug-likeness (QED) is 0.794. The Morgan fingerprint density at radius 3 is 2.58 bits per heavy atom. The molecule has 100 valence electrons. The van der Waals surface area contributed by atoms with Crippen LogP contribution in [0.3, 0.4) is 0 Å². The third-order valence-corrected chi connectivity index (χ3v) is 2.62. The number of aromatic nitrogens is 3. The number of aryl methyl sites for hydroxylation is 3. The van der Waals surface area contributed by atoms with E-state index < -0.39 is 0 Å². The molecule has 0 amide bonds. The van der Waals surface area contributed by atoms with Crippen molar-refractivity contribution < 1.29 is 9.53 Å². The van der Waals surface area contributed by atoms with Gasteiger partial charge in [0.05, 0.1) is 12.3 Å². The number of nitrogens with zero attached hydrogens (tertiary/aromatic N) is 3. The van der Waals surface area contributed by atoms with Gasteiger partial charge in [0, 0.05) is 5.69 Å². The van der Waals surface area contributed by atoms with E-state index in [0.717, 1.165) is 17.0 Å². The van der Waals surface area contributed by atoms with Crippen molar-refractivity contribution in [1.29, 1.82) is 0 Å². The first-order valence-corrected chi connectivity index (χ1v) is 6.20. The molecule has 0 aromatic carbocycles. The van der Waals surface area contributed by atoms with Crippen LogP contribution in [0.15, 0.2) is 18.2 Å². The fourth-order valence-corrected chi connectivity index (χ4v) is 1.95. The molecule has 0 aliphatic heterocycles. The maximum absolute atomic E-state index is 11.9. The predicted octanol–water partition coefficient (Wildman–Crippen LogP) is 2.37. The van der Waals surface area contributed by atoms with Crippen molar-refractivity contribution >= 4 is 5.97 Å². The van der Waals surface area contributed by atoms with Gasteiger partial charge in [-0.1, -0.05) is 0 Å². The summed E-state index contributed by atoms with van der Waals surface area (Å²) in [5, 5.41) is 4.32. The van der Waals surface area contributed by atoms with Crippen LogP contribution in [-0.4, -0.2) is 27.3 Å². The van der Waals surface area contributed by atoms with Crippen molar-refractivity contribution in [2.45, 2.75) is 27.7 Å². The lowest BCUT2D eigenvalue weighted by Crippen LogP contribution is -2.13. The first kappa shape index (κ1) is 13.3. The van der Waals surface area contributed by atoms with E-state index in [-0.39, 0.29) is 5.97 Å². The highest BCUT2D eigenvalue weighted by Crippen LogP contribution is 2.14. The second kappa shape index (κ2) is 5.22. The van der Waals surface area contributed by atoms with E-state index >= 15 is 0 Å².